The largest absolute Gasteiger partial charge is 0.365 e. The van der Waals surface area contributed by atoms with Gasteiger partial charge in [-0.05, 0) is 62.8 Å². The molecule has 0 spiro atoms. The maximum Gasteiger partial charge on any atom is 0.297 e. The van der Waals surface area contributed by atoms with E-state index < -0.39 is 0 Å². The molecular formula is C19H22BrN3O. The van der Waals surface area contributed by atoms with Crippen molar-refractivity contribution in [3.8, 4) is 5.69 Å². The zero-order valence-electron chi connectivity index (χ0n) is 13.9. The van der Waals surface area contributed by atoms with Gasteiger partial charge in [-0.3, -0.25) is 9.36 Å². The first kappa shape index (κ1) is 17.0. The fourth-order valence-corrected chi connectivity index (χ4v) is 3.23. The minimum atomic E-state index is -0.114. The molecular weight excluding hydrogens is 366 g/mol. The molecule has 1 N–H and O–H groups in total. The summed E-state index contributed by atoms with van der Waals surface area (Å²) >= 11 is 3.49. The fourth-order valence-electron chi connectivity index (χ4n) is 2.99. The number of aromatic nitrogens is 2. The summed E-state index contributed by atoms with van der Waals surface area (Å²) in [6, 6.07) is 5.87. The van der Waals surface area contributed by atoms with E-state index in [4.69, 9.17) is 0 Å². The highest BCUT2D eigenvalue weighted by atomic mass is 79.9. The molecule has 0 fully saturated rings. The molecule has 0 bridgehead atoms. The topological polar surface area (TPSA) is 46.9 Å². The van der Waals surface area contributed by atoms with Gasteiger partial charge in [0.25, 0.3) is 5.56 Å². The number of rotatable bonds is 5. The first-order valence-electron chi connectivity index (χ1n) is 8.41. The third-order valence-electron chi connectivity index (χ3n) is 4.38. The minimum Gasteiger partial charge on any atom is -0.365 e. The summed E-state index contributed by atoms with van der Waals surface area (Å²) in [6.07, 6.45) is 11.7. The van der Waals surface area contributed by atoms with Crippen LogP contribution >= 0.6 is 15.9 Å². The van der Waals surface area contributed by atoms with E-state index in [1.165, 1.54) is 31.3 Å². The summed E-state index contributed by atoms with van der Waals surface area (Å²) < 4.78 is 2.67. The molecule has 24 heavy (non-hydrogen) atoms. The highest BCUT2D eigenvalue weighted by Crippen LogP contribution is 2.20. The van der Waals surface area contributed by atoms with E-state index in [9.17, 15) is 4.79 Å². The molecule has 0 atom stereocenters. The Morgan fingerprint density at radius 3 is 2.96 bits per heavy atom. The number of nitrogens with one attached hydrogen (secondary N) is 1. The smallest absolute Gasteiger partial charge is 0.297 e. The van der Waals surface area contributed by atoms with E-state index in [-0.39, 0.29) is 5.56 Å². The summed E-state index contributed by atoms with van der Waals surface area (Å²) in [4.78, 5) is 16.9. The molecule has 4 nitrogen and oxygen atoms in total. The average Bonchev–Trinajstić information content (AvgIpc) is 2.60. The van der Waals surface area contributed by atoms with Crippen LogP contribution in [0.2, 0.25) is 0 Å². The molecule has 1 aromatic carbocycles. The quantitative estimate of drug-likeness (QED) is 0.762. The lowest BCUT2D eigenvalue weighted by molar-refractivity contribution is 0.679. The number of nitrogens with zero attached hydrogens (tertiary/aromatic N) is 2. The summed E-state index contributed by atoms with van der Waals surface area (Å²) in [5.74, 6) is 0.412. The van der Waals surface area contributed by atoms with Crippen molar-refractivity contribution in [1.82, 2.24) is 9.55 Å². The number of halogens is 1. The van der Waals surface area contributed by atoms with E-state index in [1.807, 2.05) is 25.1 Å². The predicted molar refractivity (Wildman–Crippen MR) is 102 cm³/mol. The fraction of sp³-hybridized carbons (Fsp3) is 0.368. The second-order valence-electron chi connectivity index (χ2n) is 6.17. The Balaban J connectivity index is 1.74. The number of hydrogen-bond acceptors (Lipinski definition) is 3. The number of aryl methyl sites for hydroxylation is 1. The van der Waals surface area contributed by atoms with Gasteiger partial charge in [0.1, 0.15) is 0 Å². The van der Waals surface area contributed by atoms with Crippen LogP contribution < -0.4 is 10.9 Å². The monoisotopic (exact) mass is 387 g/mol. The lowest BCUT2D eigenvalue weighted by Crippen LogP contribution is -2.23. The number of allylic oxidation sites excluding steroid dienone is 1. The highest BCUT2D eigenvalue weighted by Gasteiger charge is 2.08. The van der Waals surface area contributed by atoms with Crippen molar-refractivity contribution in [3.05, 3.63) is 62.6 Å². The van der Waals surface area contributed by atoms with Crippen molar-refractivity contribution in [2.75, 3.05) is 11.9 Å². The zero-order chi connectivity index (χ0) is 16.9. The van der Waals surface area contributed by atoms with Gasteiger partial charge in [0.2, 0.25) is 0 Å². The highest BCUT2D eigenvalue weighted by molar-refractivity contribution is 9.10. The first-order valence-corrected chi connectivity index (χ1v) is 9.20. The van der Waals surface area contributed by atoms with Gasteiger partial charge in [-0.15, -0.1) is 0 Å². The molecule has 1 heterocycles. The van der Waals surface area contributed by atoms with Gasteiger partial charge < -0.3 is 5.32 Å². The Bertz CT molecular complexity index is 810. The maximum absolute atomic E-state index is 12.7. The first-order chi connectivity index (χ1) is 11.6. The summed E-state index contributed by atoms with van der Waals surface area (Å²) in [6.45, 7) is 2.76. The Hall–Kier alpha value is -1.88. The van der Waals surface area contributed by atoms with Gasteiger partial charge in [-0.1, -0.05) is 27.6 Å². The Labute approximate surface area is 150 Å². The summed E-state index contributed by atoms with van der Waals surface area (Å²) in [5.41, 5.74) is 3.32. The molecule has 1 aliphatic rings. The van der Waals surface area contributed by atoms with Crippen molar-refractivity contribution < 1.29 is 0 Å². The molecule has 0 saturated heterocycles. The SMILES string of the molecule is Cc1cc(-n2ccnc(NCCC3=CCCCC3)c2=O)ccc1Br. The molecule has 0 amide bonds. The Kier molecular flexibility index (Phi) is 5.51. The van der Waals surface area contributed by atoms with Gasteiger partial charge in [-0.25, -0.2) is 4.98 Å². The molecule has 126 valence electrons. The molecule has 0 radical (unpaired) electrons. The van der Waals surface area contributed by atoms with Crippen LogP contribution in [-0.2, 0) is 0 Å². The van der Waals surface area contributed by atoms with Gasteiger partial charge in [0.15, 0.2) is 5.82 Å². The molecule has 3 rings (SSSR count). The van der Waals surface area contributed by atoms with Gasteiger partial charge in [0, 0.05) is 29.1 Å². The number of benzene rings is 1. The van der Waals surface area contributed by atoms with E-state index in [0.717, 1.165) is 28.7 Å². The van der Waals surface area contributed by atoms with Crippen molar-refractivity contribution >= 4 is 21.7 Å². The number of hydrogen-bond donors (Lipinski definition) is 1. The molecule has 5 heteroatoms. The van der Waals surface area contributed by atoms with Crippen molar-refractivity contribution in [3.63, 3.8) is 0 Å². The molecule has 1 aromatic heterocycles. The third-order valence-corrected chi connectivity index (χ3v) is 5.27. The van der Waals surface area contributed by atoms with Gasteiger partial charge in [-0.2, -0.15) is 0 Å². The molecule has 0 aliphatic heterocycles. The van der Waals surface area contributed by atoms with Crippen LogP contribution in [-0.4, -0.2) is 16.1 Å². The van der Waals surface area contributed by atoms with Crippen molar-refractivity contribution in [1.29, 1.82) is 0 Å². The lowest BCUT2D eigenvalue weighted by Gasteiger charge is -2.13. The van der Waals surface area contributed by atoms with Gasteiger partial charge in [0.05, 0.1) is 0 Å². The predicted octanol–water partition coefficient (Wildman–Crippen LogP) is 4.61. The number of anilines is 1. The van der Waals surface area contributed by atoms with Crippen LogP contribution in [0.3, 0.4) is 0 Å². The molecule has 2 aromatic rings. The van der Waals surface area contributed by atoms with Crippen LogP contribution in [0.5, 0.6) is 0 Å². The van der Waals surface area contributed by atoms with E-state index in [1.54, 1.807) is 17.0 Å². The van der Waals surface area contributed by atoms with Crippen molar-refractivity contribution in [2.45, 2.75) is 39.0 Å². The zero-order valence-corrected chi connectivity index (χ0v) is 15.5. The van der Waals surface area contributed by atoms with Crippen molar-refractivity contribution in [2.24, 2.45) is 0 Å². The second kappa shape index (κ2) is 7.79. The molecule has 0 saturated carbocycles. The molecule has 0 unspecified atom stereocenters. The van der Waals surface area contributed by atoms with E-state index in [0.29, 0.717) is 5.82 Å². The standard InChI is InChI=1S/C19H22BrN3O/c1-14-13-16(7-8-17(14)20)23-12-11-22-18(19(23)24)21-10-9-15-5-3-2-4-6-15/h5,7-8,11-13H,2-4,6,9-10H2,1H3,(H,21,22). The van der Waals surface area contributed by atoms with Crippen LogP contribution in [0.1, 0.15) is 37.7 Å². The minimum absolute atomic E-state index is 0.114. The Morgan fingerprint density at radius 1 is 1.33 bits per heavy atom. The van der Waals surface area contributed by atoms with Crippen LogP contribution in [0.4, 0.5) is 5.82 Å². The third kappa shape index (κ3) is 3.96. The van der Waals surface area contributed by atoms with Crippen LogP contribution in [0, 0.1) is 6.92 Å². The van der Waals surface area contributed by atoms with Crippen LogP contribution in [0.15, 0.2) is 51.5 Å². The summed E-state index contributed by atoms with van der Waals surface area (Å²) in [7, 11) is 0. The van der Waals surface area contributed by atoms with Gasteiger partial charge >= 0.3 is 0 Å². The normalized spacial score (nSPS) is 14.3. The van der Waals surface area contributed by atoms with E-state index in [2.05, 4.69) is 32.3 Å². The Morgan fingerprint density at radius 2 is 2.21 bits per heavy atom. The van der Waals surface area contributed by atoms with E-state index >= 15 is 0 Å². The second-order valence-corrected chi connectivity index (χ2v) is 7.02. The molecule has 1 aliphatic carbocycles. The average molecular weight is 388 g/mol. The maximum atomic E-state index is 12.7. The van der Waals surface area contributed by atoms with Crippen LogP contribution in [0.25, 0.3) is 5.69 Å². The lowest BCUT2D eigenvalue weighted by atomic mass is 9.97. The summed E-state index contributed by atoms with van der Waals surface area (Å²) in [5, 5.41) is 3.20.